The molecule has 2 aromatic rings. The van der Waals surface area contributed by atoms with Gasteiger partial charge in [0.1, 0.15) is 5.69 Å². The zero-order valence-corrected chi connectivity index (χ0v) is 11.7. The van der Waals surface area contributed by atoms with Gasteiger partial charge in [0.2, 0.25) is 5.91 Å². The molecule has 2 rings (SSSR count). The van der Waals surface area contributed by atoms with E-state index < -0.39 is 5.91 Å². The number of aryl methyl sites for hydroxylation is 1. The molecular formula is C14H15N3O2S. The molecule has 0 saturated carbocycles. The van der Waals surface area contributed by atoms with Gasteiger partial charge in [0.25, 0.3) is 5.91 Å². The first-order valence-electron chi connectivity index (χ1n) is 6.28. The number of aromatic nitrogens is 1. The number of carbonyl (C=O) groups is 2. The fraction of sp³-hybridized carbons (Fsp3) is 0.214. The summed E-state index contributed by atoms with van der Waals surface area (Å²) in [7, 11) is 0. The number of nitrogens with zero attached hydrogens (tertiary/aromatic N) is 1. The van der Waals surface area contributed by atoms with E-state index in [1.54, 1.807) is 29.5 Å². The van der Waals surface area contributed by atoms with Crippen molar-refractivity contribution in [3.05, 3.63) is 52.5 Å². The molecule has 104 valence electrons. The molecule has 0 unspecified atom stereocenters. The summed E-state index contributed by atoms with van der Waals surface area (Å²) in [5.74, 6) is -0.622. The average molecular weight is 289 g/mol. The summed E-state index contributed by atoms with van der Waals surface area (Å²) in [4.78, 5) is 28.3. The first-order valence-corrected chi connectivity index (χ1v) is 7.16. The minimum absolute atomic E-state index is 0.203. The first-order chi connectivity index (χ1) is 9.75. The van der Waals surface area contributed by atoms with Gasteiger partial charge in [-0.25, -0.2) is 0 Å². The lowest BCUT2D eigenvalue weighted by atomic mass is 10.2. The molecule has 6 heteroatoms. The second-order valence-electron chi connectivity index (χ2n) is 4.15. The fourth-order valence-corrected chi connectivity index (χ4v) is 2.38. The molecule has 0 atom stereocenters. The lowest BCUT2D eigenvalue weighted by molar-refractivity contribution is -0.121. The van der Waals surface area contributed by atoms with E-state index in [-0.39, 0.29) is 11.6 Å². The van der Waals surface area contributed by atoms with E-state index in [1.165, 1.54) is 11.1 Å². The van der Waals surface area contributed by atoms with Gasteiger partial charge in [0.05, 0.1) is 0 Å². The van der Waals surface area contributed by atoms with Gasteiger partial charge in [-0.15, -0.1) is 11.3 Å². The standard InChI is InChI=1S/C14H15N3O2S/c18-13(8-3-5-11-6-4-10-20-11)16-17-14(19)12-7-1-2-9-15-12/h1-2,4,6-7,9-10H,3,5,8H2,(H,16,18)(H,17,19). The highest BCUT2D eigenvalue weighted by atomic mass is 32.1. The Morgan fingerprint density at radius 3 is 2.75 bits per heavy atom. The number of amides is 2. The minimum Gasteiger partial charge on any atom is -0.273 e. The number of carbonyl (C=O) groups excluding carboxylic acids is 2. The predicted molar refractivity (Wildman–Crippen MR) is 77.1 cm³/mol. The van der Waals surface area contributed by atoms with E-state index in [4.69, 9.17) is 0 Å². The van der Waals surface area contributed by atoms with Crippen molar-refractivity contribution in [3.63, 3.8) is 0 Å². The van der Waals surface area contributed by atoms with Gasteiger partial charge < -0.3 is 0 Å². The third-order valence-corrected chi connectivity index (χ3v) is 3.56. The quantitative estimate of drug-likeness (QED) is 0.826. The molecule has 2 aromatic heterocycles. The average Bonchev–Trinajstić information content (AvgIpc) is 2.99. The molecule has 2 N–H and O–H groups in total. The largest absolute Gasteiger partial charge is 0.288 e. The maximum absolute atomic E-state index is 11.6. The van der Waals surface area contributed by atoms with Crippen LogP contribution in [-0.4, -0.2) is 16.8 Å². The highest BCUT2D eigenvalue weighted by molar-refractivity contribution is 7.09. The van der Waals surface area contributed by atoms with Crippen molar-refractivity contribution in [2.24, 2.45) is 0 Å². The molecule has 0 saturated heterocycles. The van der Waals surface area contributed by atoms with Crippen LogP contribution >= 0.6 is 11.3 Å². The van der Waals surface area contributed by atoms with Crippen LogP contribution in [0.15, 0.2) is 41.9 Å². The zero-order chi connectivity index (χ0) is 14.2. The van der Waals surface area contributed by atoms with Crippen LogP contribution in [-0.2, 0) is 11.2 Å². The third-order valence-electron chi connectivity index (χ3n) is 2.62. The SMILES string of the molecule is O=C(CCCc1cccs1)NNC(=O)c1ccccn1. The molecule has 0 aliphatic rings. The maximum Gasteiger partial charge on any atom is 0.288 e. The van der Waals surface area contributed by atoms with Gasteiger partial charge >= 0.3 is 0 Å². The Morgan fingerprint density at radius 1 is 1.15 bits per heavy atom. The summed E-state index contributed by atoms with van der Waals surface area (Å²) in [5.41, 5.74) is 5.00. The summed E-state index contributed by atoms with van der Waals surface area (Å²) >= 11 is 1.68. The van der Waals surface area contributed by atoms with Crippen molar-refractivity contribution in [2.75, 3.05) is 0 Å². The van der Waals surface area contributed by atoms with E-state index in [9.17, 15) is 9.59 Å². The van der Waals surface area contributed by atoms with E-state index in [2.05, 4.69) is 15.8 Å². The number of hydrogen-bond donors (Lipinski definition) is 2. The second kappa shape index (κ2) is 7.40. The normalized spacial score (nSPS) is 10.0. The van der Waals surface area contributed by atoms with E-state index in [1.807, 2.05) is 17.5 Å². The van der Waals surface area contributed by atoms with Crippen LogP contribution in [0.5, 0.6) is 0 Å². The fourth-order valence-electron chi connectivity index (χ4n) is 1.63. The summed E-state index contributed by atoms with van der Waals surface area (Å²) in [6, 6.07) is 9.06. The number of thiophene rings is 1. The number of hydrazine groups is 1. The predicted octanol–water partition coefficient (Wildman–Crippen LogP) is 1.93. The number of nitrogens with one attached hydrogen (secondary N) is 2. The van der Waals surface area contributed by atoms with Crippen LogP contribution in [0.2, 0.25) is 0 Å². The molecule has 0 spiro atoms. The Morgan fingerprint density at radius 2 is 2.05 bits per heavy atom. The highest BCUT2D eigenvalue weighted by Crippen LogP contribution is 2.11. The molecule has 0 aliphatic carbocycles. The van der Waals surface area contributed by atoms with Gasteiger partial charge in [-0.3, -0.25) is 25.4 Å². The van der Waals surface area contributed by atoms with Crippen molar-refractivity contribution in [1.82, 2.24) is 15.8 Å². The molecule has 20 heavy (non-hydrogen) atoms. The minimum atomic E-state index is -0.419. The molecule has 0 radical (unpaired) electrons. The van der Waals surface area contributed by atoms with Gasteiger partial charge in [-0.2, -0.15) is 0 Å². The number of pyridine rings is 1. The van der Waals surface area contributed by atoms with Gasteiger partial charge in [0.15, 0.2) is 0 Å². The molecule has 0 aliphatic heterocycles. The Kier molecular flexibility index (Phi) is 5.25. The lowest BCUT2D eigenvalue weighted by Gasteiger charge is -2.06. The molecule has 0 bridgehead atoms. The van der Waals surface area contributed by atoms with Crippen molar-refractivity contribution in [1.29, 1.82) is 0 Å². The molecule has 5 nitrogen and oxygen atoms in total. The zero-order valence-electron chi connectivity index (χ0n) is 10.8. The Bertz CT molecular complexity index is 555. The van der Waals surface area contributed by atoms with E-state index in [0.717, 1.165) is 12.8 Å². The van der Waals surface area contributed by atoms with Crippen LogP contribution in [0, 0.1) is 0 Å². The Labute approximate surface area is 121 Å². The third kappa shape index (κ3) is 4.47. The number of rotatable bonds is 5. The van der Waals surface area contributed by atoms with Gasteiger partial charge in [-0.1, -0.05) is 12.1 Å². The van der Waals surface area contributed by atoms with Gasteiger partial charge in [-0.05, 0) is 36.4 Å². The maximum atomic E-state index is 11.6. The topological polar surface area (TPSA) is 71.1 Å². The van der Waals surface area contributed by atoms with Crippen LogP contribution in [0.3, 0.4) is 0 Å². The summed E-state index contributed by atoms with van der Waals surface area (Å²) in [5, 5.41) is 2.02. The number of hydrogen-bond acceptors (Lipinski definition) is 4. The monoisotopic (exact) mass is 289 g/mol. The molecule has 2 heterocycles. The van der Waals surface area contributed by atoms with Crippen LogP contribution in [0.25, 0.3) is 0 Å². The molecule has 0 aromatic carbocycles. The van der Waals surface area contributed by atoms with Crippen LogP contribution in [0.1, 0.15) is 28.2 Å². The van der Waals surface area contributed by atoms with Gasteiger partial charge in [0, 0.05) is 17.5 Å². The summed E-state index contributed by atoms with van der Waals surface area (Å²) in [6.45, 7) is 0. The van der Waals surface area contributed by atoms with Crippen LogP contribution in [0.4, 0.5) is 0 Å². The first kappa shape index (κ1) is 14.2. The van der Waals surface area contributed by atoms with E-state index in [0.29, 0.717) is 6.42 Å². The van der Waals surface area contributed by atoms with E-state index >= 15 is 0 Å². The molecule has 2 amide bonds. The van der Waals surface area contributed by atoms with Crippen molar-refractivity contribution in [3.8, 4) is 0 Å². The summed E-state index contributed by atoms with van der Waals surface area (Å²) < 4.78 is 0. The highest BCUT2D eigenvalue weighted by Gasteiger charge is 2.07. The Hall–Kier alpha value is -2.21. The second-order valence-corrected chi connectivity index (χ2v) is 5.18. The Balaban J connectivity index is 1.66. The van der Waals surface area contributed by atoms with Crippen LogP contribution < -0.4 is 10.9 Å². The molecule has 0 fully saturated rings. The summed E-state index contributed by atoms with van der Waals surface area (Å²) in [6.07, 6.45) is 3.53. The smallest absolute Gasteiger partial charge is 0.273 e. The van der Waals surface area contributed by atoms with Crippen molar-refractivity contribution < 1.29 is 9.59 Å². The van der Waals surface area contributed by atoms with Crippen molar-refractivity contribution in [2.45, 2.75) is 19.3 Å². The lowest BCUT2D eigenvalue weighted by Crippen LogP contribution is -2.41. The molecular weight excluding hydrogens is 274 g/mol. The van der Waals surface area contributed by atoms with Crippen molar-refractivity contribution >= 4 is 23.2 Å².